The third-order valence-corrected chi connectivity index (χ3v) is 5.15. The van der Waals surface area contributed by atoms with Crippen molar-refractivity contribution in [2.24, 2.45) is 11.3 Å². The zero-order chi connectivity index (χ0) is 11.1. The van der Waals surface area contributed by atoms with Gasteiger partial charge in [0.1, 0.15) is 0 Å². The summed E-state index contributed by atoms with van der Waals surface area (Å²) in [5.74, 6) is 0.640. The maximum Gasteiger partial charge on any atom is 0.0679 e. The normalized spacial score (nSPS) is 51.2. The summed E-state index contributed by atoms with van der Waals surface area (Å²) in [6, 6.07) is 0. The predicted molar refractivity (Wildman–Crippen MR) is 60.7 cm³/mol. The van der Waals surface area contributed by atoms with Crippen molar-refractivity contribution < 1.29 is 9.84 Å². The Bertz CT molecular complexity index is 237. The van der Waals surface area contributed by atoms with E-state index in [1.807, 2.05) is 6.92 Å². The monoisotopic (exact) mass is 212 g/mol. The van der Waals surface area contributed by atoms with Gasteiger partial charge in [0.15, 0.2) is 0 Å². The van der Waals surface area contributed by atoms with Crippen LogP contribution in [0.2, 0.25) is 0 Å². The van der Waals surface area contributed by atoms with Gasteiger partial charge in [-0.25, -0.2) is 0 Å². The van der Waals surface area contributed by atoms with Gasteiger partial charge < -0.3 is 9.84 Å². The highest BCUT2D eigenvalue weighted by atomic mass is 16.5. The minimum atomic E-state index is -0.474. The van der Waals surface area contributed by atoms with Gasteiger partial charge in [0.05, 0.1) is 11.7 Å². The molecule has 0 unspecified atom stereocenters. The second kappa shape index (κ2) is 3.74. The lowest BCUT2D eigenvalue weighted by molar-refractivity contribution is -0.131. The van der Waals surface area contributed by atoms with Gasteiger partial charge in [-0.05, 0) is 44.9 Å². The lowest BCUT2D eigenvalue weighted by Crippen LogP contribution is -2.51. The average Bonchev–Trinajstić information content (AvgIpc) is 2.60. The average molecular weight is 212 g/mol. The number of methoxy groups -OCH3 is 1. The lowest BCUT2D eigenvalue weighted by atomic mass is 9.57. The molecule has 0 saturated heterocycles. The molecular formula is C13H24O2. The predicted octanol–water partition coefficient (Wildman–Crippen LogP) is 2.74. The molecule has 0 amide bonds. The van der Waals surface area contributed by atoms with E-state index in [-0.39, 0.29) is 5.41 Å². The first-order valence-electron chi connectivity index (χ1n) is 6.27. The van der Waals surface area contributed by atoms with E-state index >= 15 is 0 Å². The summed E-state index contributed by atoms with van der Waals surface area (Å²) in [7, 11) is 1.80. The van der Waals surface area contributed by atoms with E-state index in [4.69, 9.17) is 4.74 Å². The van der Waals surface area contributed by atoms with Crippen molar-refractivity contribution in [3.05, 3.63) is 0 Å². The first-order valence-corrected chi connectivity index (χ1v) is 6.27. The van der Waals surface area contributed by atoms with Crippen LogP contribution in [0.3, 0.4) is 0 Å². The second-order valence-electron chi connectivity index (χ2n) is 5.82. The zero-order valence-electron chi connectivity index (χ0n) is 10.3. The van der Waals surface area contributed by atoms with Gasteiger partial charge in [0, 0.05) is 12.5 Å². The van der Waals surface area contributed by atoms with Crippen LogP contribution in [0.25, 0.3) is 0 Å². The van der Waals surface area contributed by atoms with Gasteiger partial charge >= 0.3 is 0 Å². The van der Waals surface area contributed by atoms with Crippen LogP contribution < -0.4 is 0 Å². The highest BCUT2D eigenvalue weighted by molar-refractivity contribution is 5.06. The van der Waals surface area contributed by atoms with Gasteiger partial charge in [-0.2, -0.15) is 0 Å². The maximum absolute atomic E-state index is 10.7. The number of hydrogen-bond donors (Lipinski definition) is 1. The summed E-state index contributed by atoms with van der Waals surface area (Å²) < 4.78 is 5.47. The van der Waals surface area contributed by atoms with E-state index in [9.17, 15) is 5.11 Å². The fraction of sp³-hybridized carbons (Fsp3) is 1.00. The third kappa shape index (κ3) is 1.62. The molecule has 0 aliphatic heterocycles. The van der Waals surface area contributed by atoms with Gasteiger partial charge in [0.25, 0.3) is 0 Å². The van der Waals surface area contributed by atoms with Crippen LogP contribution in [0.4, 0.5) is 0 Å². The summed E-state index contributed by atoms with van der Waals surface area (Å²) in [5.41, 5.74) is -0.343. The molecule has 1 N–H and O–H groups in total. The zero-order valence-corrected chi connectivity index (χ0v) is 10.3. The first kappa shape index (κ1) is 11.4. The van der Waals surface area contributed by atoms with Crippen molar-refractivity contribution in [3.8, 4) is 0 Å². The van der Waals surface area contributed by atoms with E-state index in [2.05, 4.69) is 6.92 Å². The summed E-state index contributed by atoms with van der Waals surface area (Å²) >= 11 is 0. The molecule has 2 fully saturated rings. The van der Waals surface area contributed by atoms with Crippen LogP contribution in [-0.4, -0.2) is 23.9 Å². The van der Waals surface area contributed by atoms with Crippen molar-refractivity contribution in [2.45, 2.75) is 64.1 Å². The van der Waals surface area contributed by atoms with Crippen LogP contribution in [0.15, 0.2) is 0 Å². The molecule has 2 nitrogen and oxygen atoms in total. The van der Waals surface area contributed by atoms with E-state index in [0.29, 0.717) is 12.0 Å². The quantitative estimate of drug-likeness (QED) is 0.724. The summed E-state index contributed by atoms with van der Waals surface area (Å²) in [4.78, 5) is 0. The van der Waals surface area contributed by atoms with Crippen LogP contribution in [-0.2, 0) is 4.74 Å². The van der Waals surface area contributed by atoms with E-state index in [1.165, 1.54) is 12.8 Å². The highest BCUT2D eigenvalue weighted by Gasteiger charge is 2.55. The largest absolute Gasteiger partial charge is 0.390 e. The molecular weight excluding hydrogens is 188 g/mol. The van der Waals surface area contributed by atoms with Crippen molar-refractivity contribution in [1.82, 2.24) is 0 Å². The molecule has 2 aliphatic rings. The van der Waals surface area contributed by atoms with Crippen LogP contribution in [0.5, 0.6) is 0 Å². The molecule has 0 radical (unpaired) electrons. The first-order chi connectivity index (χ1) is 7.02. The molecule has 0 aromatic rings. The summed E-state index contributed by atoms with van der Waals surface area (Å²) in [6.45, 7) is 4.35. The van der Waals surface area contributed by atoms with Crippen LogP contribution in [0, 0.1) is 11.3 Å². The SMILES string of the molecule is CO[C@H]1CC[C@]2(C1)[C@@H](C)CCC[C@]2(C)O. The second-order valence-corrected chi connectivity index (χ2v) is 5.82. The van der Waals surface area contributed by atoms with Crippen LogP contribution >= 0.6 is 0 Å². The Labute approximate surface area is 93.0 Å². The van der Waals surface area contributed by atoms with Crippen molar-refractivity contribution in [3.63, 3.8) is 0 Å². The van der Waals surface area contributed by atoms with E-state index in [1.54, 1.807) is 7.11 Å². The fourth-order valence-corrected chi connectivity index (χ4v) is 3.98. The van der Waals surface area contributed by atoms with Crippen molar-refractivity contribution in [1.29, 1.82) is 0 Å². The Hall–Kier alpha value is -0.0800. The molecule has 4 atom stereocenters. The number of hydrogen-bond acceptors (Lipinski definition) is 2. The molecule has 2 heteroatoms. The van der Waals surface area contributed by atoms with Crippen molar-refractivity contribution >= 4 is 0 Å². The van der Waals surface area contributed by atoms with Gasteiger partial charge in [-0.15, -0.1) is 0 Å². The molecule has 0 aromatic heterocycles. The minimum absolute atomic E-state index is 0.131. The number of aliphatic hydroxyl groups is 1. The minimum Gasteiger partial charge on any atom is -0.390 e. The summed E-state index contributed by atoms with van der Waals surface area (Å²) in [5, 5.41) is 10.7. The van der Waals surface area contributed by atoms with Gasteiger partial charge in [0.2, 0.25) is 0 Å². The van der Waals surface area contributed by atoms with Crippen molar-refractivity contribution in [2.75, 3.05) is 7.11 Å². The Morgan fingerprint density at radius 3 is 2.53 bits per heavy atom. The standard InChI is InChI=1S/C13H24O2/c1-10-5-4-7-12(2,14)13(10)8-6-11(9-13)15-3/h10-11,14H,4-9H2,1-3H3/t10-,11-,12-,13-/m0/s1. The lowest BCUT2D eigenvalue weighted by Gasteiger charge is -2.51. The molecule has 2 rings (SSSR count). The molecule has 2 aliphatic carbocycles. The Kier molecular flexibility index (Phi) is 2.85. The van der Waals surface area contributed by atoms with E-state index in [0.717, 1.165) is 25.7 Å². The third-order valence-electron chi connectivity index (χ3n) is 5.15. The molecule has 0 heterocycles. The molecule has 15 heavy (non-hydrogen) atoms. The Morgan fingerprint density at radius 1 is 1.27 bits per heavy atom. The Balaban J connectivity index is 2.23. The Morgan fingerprint density at radius 2 is 2.00 bits per heavy atom. The number of ether oxygens (including phenoxy) is 1. The topological polar surface area (TPSA) is 29.5 Å². The smallest absolute Gasteiger partial charge is 0.0679 e. The highest BCUT2D eigenvalue weighted by Crippen LogP contribution is 2.57. The summed E-state index contributed by atoms with van der Waals surface area (Å²) in [6.07, 6.45) is 7.10. The van der Waals surface area contributed by atoms with Crippen LogP contribution in [0.1, 0.15) is 52.4 Å². The molecule has 1 spiro atoms. The van der Waals surface area contributed by atoms with E-state index < -0.39 is 5.60 Å². The maximum atomic E-state index is 10.7. The number of rotatable bonds is 1. The van der Waals surface area contributed by atoms with Gasteiger partial charge in [-0.1, -0.05) is 13.3 Å². The van der Waals surface area contributed by atoms with Gasteiger partial charge in [-0.3, -0.25) is 0 Å². The molecule has 2 saturated carbocycles. The molecule has 0 aromatic carbocycles. The molecule has 0 bridgehead atoms. The fourth-order valence-electron chi connectivity index (χ4n) is 3.98. The molecule has 88 valence electrons.